The lowest BCUT2D eigenvalue weighted by Gasteiger charge is -2.30. The van der Waals surface area contributed by atoms with Gasteiger partial charge in [-0.05, 0) is 60.2 Å². The van der Waals surface area contributed by atoms with E-state index in [2.05, 4.69) is 30.2 Å². The van der Waals surface area contributed by atoms with E-state index in [0.717, 1.165) is 48.5 Å². The van der Waals surface area contributed by atoms with Crippen LogP contribution in [0.4, 0.5) is 5.82 Å². The highest BCUT2D eigenvalue weighted by atomic mass is 16.5. The summed E-state index contributed by atoms with van der Waals surface area (Å²) in [5, 5.41) is 12.0. The van der Waals surface area contributed by atoms with Gasteiger partial charge in [-0.25, -0.2) is 4.98 Å². The van der Waals surface area contributed by atoms with Gasteiger partial charge in [-0.1, -0.05) is 13.0 Å². The number of hydrogen-bond donors (Lipinski definition) is 3. The molecule has 1 aliphatic carbocycles. The van der Waals surface area contributed by atoms with E-state index in [-0.39, 0.29) is 36.6 Å². The second-order valence-electron chi connectivity index (χ2n) is 8.18. The van der Waals surface area contributed by atoms with E-state index in [4.69, 9.17) is 14.6 Å². The molecule has 2 aliphatic rings. The molecule has 1 saturated heterocycles. The first-order chi connectivity index (χ1) is 14.0. The van der Waals surface area contributed by atoms with Crippen LogP contribution in [0.3, 0.4) is 0 Å². The van der Waals surface area contributed by atoms with Crippen molar-refractivity contribution in [3.63, 3.8) is 0 Å². The number of aliphatic hydroxyl groups is 1. The summed E-state index contributed by atoms with van der Waals surface area (Å²) in [6.45, 7) is 5.76. The standard InChI is InChI=1S/C23H28N2O4.H3N/c1-14-9-16(3-4-20(14)29-21-6-8-28-13-15(21)2)17-5-7-24-22(11-17)25-23(27)19-10-18(19)12-26;/h3-5,7,9,11,15,18-19,21,26H,6,8,10,12-13H2,1-2H3,(H,24,25,27);1H3/t15-,18+,19-,21?;/m1./s1. The van der Waals surface area contributed by atoms with Gasteiger partial charge in [0.05, 0.1) is 13.2 Å². The highest BCUT2D eigenvalue weighted by Gasteiger charge is 2.42. The normalized spacial score (nSPS) is 25.2. The molecular formula is C23H31N3O4. The fourth-order valence-corrected chi connectivity index (χ4v) is 3.83. The molecule has 0 bridgehead atoms. The van der Waals surface area contributed by atoms with Gasteiger partial charge >= 0.3 is 0 Å². The average molecular weight is 414 g/mol. The zero-order valence-corrected chi connectivity index (χ0v) is 17.6. The Morgan fingerprint density at radius 1 is 1.30 bits per heavy atom. The van der Waals surface area contributed by atoms with Crippen LogP contribution in [0.1, 0.15) is 25.3 Å². The molecule has 1 saturated carbocycles. The quantitative estimate of drug-likeness (QED) is 0.666. The highest BCUT2D eigenvalue weighted by Crippen LogP contribution is 2.38. The topological polar surface area (TPSA) is 116 Å². The minimum atomic E-state index is -0.100. The van der Waals surface area contributed by atoms with Crippen molar-refractivity contribution in [3.8, 4) is 16.9 Å². The van der Waals surface area contributed by atoms with Crippen LogP contribution in [0.2, 0.25) is 0 Å². The summed E-state index contributed by atoms with van der Waals surface area (Å²) in [4.78, 5) is 16.5. The predicted molar refractivity (Wildman–Crippen MR) is 116 cm³/mol. The number of aromatic nitrogens is 1. The molecule has 30 heavy (non-hydrogen) atoms. The number of aryl methyl sites for hydroxylation is 1. The maximum atomic E-state index is 12.2. The van der Waals surface area contributed by atoms with Gasteiger partial charge in [-0.2, -0.15) is 0 Å². The van der Waals surface area contributed by atoms with Gasteiger partial charge in [0.1, 0.15) is 17.7 Å². The molecular weight excluding hydrogens is 382 g/mol. The molecule has 4 rings (SSSR count). The lowest BCUT2D eigenvalue weighted by atomic mass is 10.00. The zero-order chi connectivity index (χ0) is 20.4. The first-order valence-corrected chi connectivity index (χ1v) is 10.3. The van der Waals surface area contributed by atoms with E-state index in [1.807, 2.05) is 24.3 Å². The number of anilines is 1. The van der Waals surface area contributed by atoms with Crippen molar-refractivity contribution in [2.75, 3.05) is 25.1 Å². The smallest absolute Gasteiger partial charge is 0.229 e. The van der Waals surface area contributed by atoms with Crippen LogP contribution in [0.15, 0.2) is 36.5 Å². The van der Waals surface area contributed by atoms with E-state index in [1.165, 1.54) is 0 Å². The summed E-state index contributed by atoms with van der Waals surface area (Å²) >= 11 is 0. The number of hydrogen-bond acceptors (Lipinski definition) is 6. The molecule has 1 amide bonds. The van der Waals surface area contributed by atoms with Gasteiger partial charge in [0.15, 0.2) is 0 Å². The van der Waals surface area contributed by atoms with Crippen LogP contribution in [-0.4, -0.2) is 41.9 Å². The molecule has 0 radical (unpaired) electrons. The molecule has 5 N–H and O–H groups in total. The summed E-state index contributed by atoms with van der Waals surface area (Å²) in [6, 6.07) is 9.96. The number of benzene rings is 1. The Bertz CT molecular complexity index is 889. The Hall–Kier alpha value is -2.48. The van der Waals surface area contributed by atoms with Crippen molar-refractivity contribution >= 4 is 11.7 Å². The van der Waals surface area contributed by atoms with Gasteiger partial charge in [0.25, 0.3) is 0 Å². The van der Waals surface area contributed by atoms with Crippen molar-refractivity contribution in [1.82, 2.24) is 11.1 Å². The SMILES string of the molecule is Cc1cc(-c2ccnc(NC(=O)[C@@H]3C[C@H]3CO)c2)ccc1OC1CCOC[C@H]1C.N. The molecule has 2 aromatic rings. The predicted octanol–water partition coefficient (Wildman–Crippen LogP) is 3.59. The van der Waals surface area contributed by atoms with Gasteiger partial charge in [0.2, 0.25) is 5.91 Å². The second kappa shape index (κ2) is 9.55. The van der Waals surface area contributed by atoms with Crippen molar-refractivity contribution in [2.24, 2.45) is 17.8 Å². The number of ether oxygens (including phenoxy) is 2. The molecule has 7 heteroatoms. The molecule has 1 aliphatic heterocycles. The molecule has 1 aromatic carbocycles. The monoisotopic (exact) mass is 413 g/mol. The third-order valence-electron chi connectivity index (χ3n) is 5.85. The largest absolute Gasteiger partial charge is 0.490 e. The third-order valence-corrected chi connectivity index (χ3v) is 5.85. The Kier molecular flexibility index (Phi) is 7.07. The molecule has 7 nitrogen and oxygen atoms in total. The molecule has 1 aromatic heterocycles. The first-order valence-electron chi connectivity index (χ1n) is 10.3. The van der Waals surface area contributed by atoms with Gasteiger partial charge in [-0.3, -0.25) is 4.79 Å². The fraction of sp³-hybridized carbons (Fsp3) is 0.478. The second-order valence-corrected chi connectivity index (χ2v) is 8.18. The minimum absolute atomic E-state index is 0. The summed E-state index contributed by atoms with van der Waals surface area (Å²) < 4.78 is 11.7. The lowest BCUT2D eigenvalue weighted by Crippen LogP contribution is -2.34. The maximum Gasteiger partial charge on any atom is 0.229 e. The van der Waals surface area contributed by atoms with E-state index in [1.54, 1.807) is 6.20 Å². The Morgan fingerprint density at radius 2 is 2.10 bits per heavy atom. The Morgan fingerprint density at radius 3 is 2.80 bits per heavy atom. The molecule has 2 fully saturated rings. The lowest BCUT2D eigenvalue weighted by molar-refractivity contribution is -0.117. The number of pyridine rings is 1. The third kappa shape index (κ3) is 4.98. The minimum Gasteiger partial charge on any atom is -0.490 e. The van der Waals surface area contributed by atoms with Crippen LogP contribution in [0, 0.1) is 24.7 Å². The number of carbonyl (C=O) groups excluding carboxylic acids is 1. The molecule has 0 spiro atoms. The van der Waals surface area contributed by atoms with Crippen molar-refractivity contribution in [2.45, 2.75) is 32.8 Å². The van der Waals surface area contributed by atoms with Gasteiger partial charge in [-0.15, -0.1) is 0 Å². The fourth-order valence-electron chi connectivity index (χ4n) is 3.83. The van der Waals surface area contributed by atoms with E-state index < -0.39 is 0 Å². The zero-order valence-electron chi connectivity index (χ0n) is 17.6. The molecule has 162 valence electrons. The van der Waals surface area contributed by atoms with Crippen molar-refractivity contribution in [1.29, 1.82) is 0 Å². The van der Waals surface area contributed by atoms with E-state index >= 15 is 0 Å². The molecule has 1 unspecified atom stereocenters. The van der Waals surface area contributed by atoms with Gasteiger partial charge in [0, 0.05) is 31.1 Å². The van der Waals surface area contributed by atoms with Crippen molar-refractivity contribution < 1.29 is 19.4 Å². The van der Waals surface area contributed by atoms with Crippen LogP contribution in [0.5, 0.6) is 5.75 Å². The number of carbonyl (C=O) groups is 1. The molecule has 2 heterocycles. The number of rotatable bonds is 6. The highest BCUT2D eigenvalue weighted by molar-refractivity contribution is 5.94. The maximum absolute atomic E-state index is 12.2. The summed E-state index contributed by atoms with van der Waals surface area (Å²) in [7, 11) is 0. The summed E-state index contributed by atoms with van der Waals surface area (Å²) in [5.41, 5.74) is 3.11. The molecule has 4 atom stereocenters. The van der Waals surface area contributed by atoms with E-state index in [0.29, 0.717) is 11.7 Å². The first kappa shape index (κ1) is 22.2. The van der Waals surface area contributed by atoms with E-state index in [9.17, 15) is 4.79 Å². The van der Waals surface area contributed by atoms with Gasteiger partial charge < -0.3 is 26.0 Å². The number of nitrogens with one attached hydrogen (secondary N) is 1. The van der Waals surface area contributed by atoms with Crippen LogP contribution < -0.4 is 16.2 Å². The number of amides is 1. The average Bonchev–Trinajstić information content (AvgIpc) is 3.51. The Balaban J connectivity index is 0.00000256. The van der Waals surface area contributed by atoms with Crippen LogP contribution in [0.25, 0.3) is 11.1 Å². The van der Waals surface area contributed by atoms with Crippen LogP contribution >= 0.6 is 0 Å². The summed E-state index contributed by atoms with van der Waals surface area (Å²) in [5.74, 6) is 1.73. The van der Waals surface area contributed by atoms with Crippen molar-refractivity contribution in [3.05, 3.63) is 42.1 Å². The van der Waals surface area contributed by atoms with Crippen LogP contribution in [-0.2, 0) is 9.53 Å². The summed E-state index contributed by atoms with van der Waals surface area (Å²) in [6.07, 6.45) is 3.54. The number of aliphatic hydroxyl groups excluding tert-OH is 1. The number of nitrogens with zero attached hydrogens (tertiary/aromatic N) is 1. The Labute approximate surface area is 177 Å².